The zero-order valence-electron chi connectivity index (χ0n) is 15.7. The molecule has 138 valence electrons. The molecule has 0 N–H and O–H groups in total. The topological polar surface area (TPSA) is 44.1 Å². The van der Waals surface area contributed by atoms with E-state index in [0.717, 1.165) is 33.7 Å². The number of hydrogen-bond acceptors (Lipinski definition) is 4. The highest BCUT2D eigenvalue weighted by molar-refractivity contribution is 7.80. The number of nitrogens with zero attached hydrogens (tertiary/aromatic N) is 2. The minimum atomic E-state index is -0.0872. The normalized spacial score (nSPS) is 12.9. The van der Waals surface area contributed by atoms with Crippen LogP contribution in [0.15, 0.2) is 48.9 Å². The van der Waals surface area contributed by atoms with Crippen molar-refractivity contribution in [1.29, 1.82) is 0 Å². The van der Waals surface area contributed by atoms with Gasteiger partial charge in [0.05, 0.1) is 18.8 Å². The summed E-state index contributed by atoms with van der Waals surface area (Å²) >= 11 is 5.18. The number of aromatic nitrogens is 2. The van der Waals surface area contributed by atoms with Crippen molar-refractivity contribution in [2.75, 3.05) is 6.61 Å². The Kier molecular flexibility index (Phi) is 5.24. The SMILES string of the molecule is C=C(C(=C)c1nccc2c1C(=C)OCC2)c1ccc(=O)n(CC(C)=S)c1C. The highest BCUT2D eigenvalue weighted by atomic mass is 32.1. The highest BCUT2D eigenvalue weighted by Crippen LogP contribution is 2.35. The van der Waals surface area contributed by atoms with Gasteiger partial charge in [0, 0.05) is 45.9 Å². The van der Waals surface area contributed by atoms with Gasteiger partial charge in [0.2, 0.25) is 0 Å². The van der Waals surface area contributed by atoms with E-state index in [1.165, 1.54) is 6.07 Å². The quantitative estimate of drug-likeness (QED) is 0.577. The molecule has 1 aliphatic heterocycles. The van der Waals surface area contributed by atoms with E-state index in [-0.39, 0.29) is 5.56 Å². The number of pyridine rings is 2. The summed E-state index contributed by atoms with van der Waals surface area (Å²) in [5.74, 6) is 0.603. The van der Waals surface area contributed by atoms with Gasteiger partial charge in [-0.3, -0.25) is 9.78 Å². The number of allylic oxidation sites excluding steroid dienone is 2. The summed E-state index contributed by atoms with van der Waals surface area (Å²) in [6.07, 6.45) is 2.58. The lowest BCUT2D eigenvalue weighted by Gasteiger charge is -2.23. The Balaban J connectivity index is 2.06. The smallest absolute Gasteiger partial charge is 0.251 e. The summed E-state index contributed by atoms with van der Waals surface area (Å²) in [5.41, 5.74) is 5.70. The van der Waals surface area contributed by atoms with E-state index < -0.39 is 0 Å². The third-order valence-electron chi connectivity index (χ3n) is 4.77. The van der Waals surface area contributed by atoms with Crippen molar-refractivity contribution in [3.05, 3.63) is 82.6 Å². The van der Waals surface area contributed by atoms with Crippen molar-refractivity contribution in [3.8, 4) is 0 Å². The molecule has 0 atom stereocenters. The minimum Gasteiger partial charge on any atom is -0.493 e. The molecule has 27 heavy (non-hydrogen) atoms. The predicted molar refractivity (Wildman–Crippen MR) is 115 cm³/mol. The Morgan fingerprint density at radius 1 is 1.30 bits per heavy atom. The van der Waals surface area contributed by atoms with Gasteiger partial charge in [-0.2, -0.15) is 0 Å². The molecule has 3 heterocycles. The fourth-order valence-electron chi connectivity index (χ4n) is 3.33. The molecule has 0 fully saturated rings. The van der Waals surface area contributed by atoms with Gasteiger partial charge in [-0.25, -0.2) is 0 Å². The molecule has 0 saturated heterocycles. The van der Waals surface area contributed by atoms with Crippen LogP contribution < -0.4 is 5.56 Å². The summed E-state index contributed by atoms with van der Waals surface area (Å²) in [6.45, 7) is 17.2. The van der Waals surface area contributed by atoms with E-state index in [4.69, 9.17) is 17.0 Å². The van der Waals surface area contributed by atoms with Gasteiger partial charge in [-0.05, 0) is 37.1 Å². The average molecular weight is 378 g/mol. The summed E-state index contributed by atoms with van der Waals surface area (Å²) in [6, 6.07) is 5.30. The molecule has 0 radical (unpaired) electrons. The van der Waals surface area contributed by atoms with Crippen molar-refractivity contribution in [2.45, 2.75) is 26.8 Å². The Bertz CT molecular complexity index is 1050. The fraction of sp³-hybridized carbons (Fsp3) is 0.227. The third kappa shape index (κ3) is 3.55. The molecule has 0 bridgehead atoms. The number of rotatable bonds is 5. The van der Waals surface area contributed by atoms with Crippen molar-refractivity contribution in [3.63, 3.8) is 0 Å². The molecule has 2 aromatic rings. The Morgan fingerprint density at radius 3 is 2.74 bits per heavy atom. The molecule has 0 amide bonds. The second kappa shape index (κ2) is 7.45. The number of thiocarbonyl (C=S) groups is 1. The molecule has 0 aromatic carbocycles. The monoisotopic (exact) mass is 378 g/mol. The molecular weight excluding hydrogens is 356 g/mol. The first-order valence-corrected chi connectivity index (χ1v) is 9.11. The largest absolute Gasteiger partial charge is 0.493 e. The highest BCUT2D eigenvalue weighted by Gasteiger charge is 2.22. The molecule has 1 aliphatic rings. The van der Waals surface area contributed by atoms with Gasteiger partial charge in [0.1, 0.15) is 5.76 Å². The molecule has 0 unspecified atom stereocenters. The van der Waals surface area contributed by atoms with E-state index in [1.807, 2.05) is 19.9 Å². The first-order chi connectivity index (χ1) is 12.8. The molecule has 5 heteroatoms. The van der Waals surface area contributed by atoms with E-state index in [9.17, 15) is 4.79 Å². The average Bonchev–Trinajstić information content (AvgIpc) is 2.63. The molecular formula is C22H22N2O2S. The summed E-state index contributed by atoms with van der Waals surface area (Å²) < 4.78 is 7.28. The molecule has 0 saturated carbocycles. The van der Waals surface area contributed by atoms with Crippen molar-refractivity contribution >= 4 is 34.0 Å². The maximum absolute atomic E-state index is 12.2. The van der Waals surface area contributed by atoms with Gasteiger partial charge in [0.15, 0.2) is 0 Å². The molecule has 2 aromatic heterocycles. The molecule has 4 nitrogen and oxygen atoms in total. The maximum atomic E-state index is 12.2. The lowest BCUT2D eigenvalue weighted by Crippen LogP contribution is -2.25. The summed E-state index contributed by atoms with van der Waals surface area (Å²) in [4.78, 5) is 17.5. The maximum Gasteiger partial charge on any atom is 0.251 e. The van der Waals surface area contributed by atoms with Gasteiger partial charge in [-0.15, -0.1) is 0 Å². The standard InChI is InChI=1S/C22H22N2O2S/c1-13(27)12-24-16(4)19(6-7-20(24)25)14(2)15(3)22-21-17(5)26-11-9-18(21)8-10-23-22/h6-8,10H,2-3,5,9,11-12H2,1,4H3. The number of ether oxygens (including phenoxy) is 1. The lowest BCUT2D eigenvalue weighted by molar-refractivity contribution is 0.271. The number of hydrogen-bond donors (Lipinski definition) is 0. The first kappa shape index (κ1) is 19.0. The van der Waals surface area contributed by atoms with Crippen LogP contribution in [-0.2, 0) is 17.7 Å². The van der Waals surface area contributed by atoms with Crippen LogP contribution in [0, 0.1) is 6.92 Å². The third-order valence-corrected chi connectivity index (χ3v) is 4.90. The van der Waals surface area contributed by atoms with E-state index in [1.54, 1.807) is 16.8 Å². The van der Waals surface area contributed by atoms with E-state index >= 15 is 0 Å². The second-order valence-electron chi connectivity index (χ2n) is 6.63. The van der Waals surface area contributed by atoms with Crippen LogP contribution in [0.25, 0.3) is 16.9 Å². The summed E-state index contributed by atoms with van der Waals surface area (Å²) in [5, 5.41) is 0. The van der Waals surface area contributed by atoms with Gasteiger partial charge >= 0.3 is 0 Å². The number of fused-ring (bicyclic) bond motifs is 1. The molecule has 0 spiro atoms. The van der Waals surface area contributed by atoms with Gasteiger partial charge in [0.25, 0.3) is 5.56 Å². The van der Waals surface area contributed by atoms with Crippen LogP contribution in [0.5, 0.6) is 0 Å². The van der Waals surface area contributed by atoms with Crippen LogP contribution in [0.1, 0.15) is 35.0 Å². The van der Waals surface area contributed by atoms with Crippen LogP contribution in [0.2, 0.25) is 0 Å². The van der Waals surface area contributed by atoms with E-state index in [2.05, 4.69) is 24.7 Å². The Hall–Kier alpha value is -2.79. The van der Waals surface area contributed by atoms with Crippen molar-refractivity contribution < 1.29 is 4.74 Å². The van der Waals surface area contributed by atoms with Crippen molar-refractivity contribution in [1.82, 2.24) is 9.55 Å². The van der Waals surface area contributed by atoms with Crippen molar-refractivity contribution in [2.24, 2.45) is 0 Å². The first-order valence-electron chi connectivity index (χ1n) is 8.70. The lowest BCUT2D eigenvalue weighted by atomic mass is 9.91. The zero-order chi connectivity index (χ0) is 19.7. The minimum absolute atomic E-state index is 0.0872. The molecule has 0 aliphatic carbocycles. The van der Waals surface area contributed by atoms with Crippen LogP contribution in [0.3, 0.4) is 0 Å². The van der Waals surface area contributed by atoms with Crippen LogP contribution in [0.4, 0.5) is 0 Å². The fourth-order valence-corrected chi connectivity index (χ4v) is 3.45. The van der Waals surface area contributed by atoms with Crippen LogP contribution >= 0.6 is 12.2 Å². The second-order valence-corrected chi connectivity index (χ2v) is 7.33. The zero-order valence-corrected chi connectivity index (χ0v) is 16.5. The van der Waals surface area contributed by atoms with Gasteiger partial charge in [-0.1, -0.05) is 32.0 Å². The summed E-state index contributed by atoms with van der Waals surface area (Å²) in [7, 11) is 0. The molecule has 3 rings (SSSR count). The van der Waals surface area contributed by atoms with Gasteiger partial charge < -0.3 is 9.30 Å². The van der Waals surface area contributed by atoms with Crippen LogP contribution in [-0.4, -0.2) is 21.0 Å². The Labute approximate surface area is 164 Å². The Morgan fingerprint density at radius 2 is 2.04 bits per heavy atom. The van der Waals surface area contributed by atoms with E-state index in [0.29, 0.717) is 35.8 Å². The predicted octanol–water partition coefficient (Wildman–Crippen LogP) is 4.21.